The number of nitrogens with one attached hydrogen (secondary N) is 1. The second kappa shape index (κ2) is 6.19. The van der Waals surface area contributed by atoms with Crippen LogP contribution in [-0.4, -0.2) is 42.7 Å². The Hall–Kier alpha value is -1.46. The number of aliphatic hydroxyl groups is 1. The smallest absolute Gasteiger partial charge is 0.238 e. The second-order valence-electron chi connectivity index (χ2n) is 3.49. The molecule has 0 fully saturated rings. The van der Waals surface area contributed by atoms with Crippen LogP contribution in [0.15, 0.2) is 24.3 Å². The number of aliphatic hydroxyl groups excluding tert-OH is 1. The monoisotopic (exact) mass is 226 g/mol. The molecule has 0 aliphatic rings. The highest BCUT2D eigenvalue weighted by molar-refractivity contribution is 5.92. The molecule has 0 unspecified atom stereocenters. The highest BCUT2D eigenvalue weighted by Crippen LogP contribution is 2.11. The van der Waals surface area contributed by atoms with Crippen LogP contribution in [0.1, 0.15) is 0 Å². The molecule has 0 saturated heterocycles. The quantitative estimate of drug-likeness (QED) is 0.776. The zero-order valence-corrected chi connectivity index (χ0v) is 9.11. The number of anilines is 1. The number of benzene rings is 1. The molecule has 0 atom stereocenters. The minimum atomic E-state index is -0.458. The van der Waals surface area contributed by atoms with Crippen molar-refractivity contribution in [3.05, 3.63) is 30.1 Å². The maximum atomic E-state index is 13.2. The summed E-state index contributed by atoms with van der Waals surface area (Å²) in [7, 11) is 1.71. The molecule has 0 radical (unpaired) electrons. The number of halogens is 1. The fourth-order valence-corrected chi connectivity index (χ4v) is 1.25. The van der Waals surface area contributed by atoms with Crippen molar-refractivity contribution in [2.45, 2.75) is 0 Å². The SMILES string of the molecule is CN(CCO)CC(=O)Nc1ccccc1F. The molecule has 0 spiro atoms. The molecule has 0 saturated carbocycles. The Bertz CT molecular complexity index is 358. The Morgan fingerprint density at radius 1 is 1.50 bits per heavy atom. The van der Waals surface area contributed by atoms with Gasteiger partial charge in [0.15, 0.2) is 0 Å². The first kappa shape index (κ1) is 12.6. The number of likely N-dealkylation sites (N-methyl/N-ethyl adjacent to an activating group) is 1. The minimum Gasteiger partial charge on any atom is -0.395 e. The minimum absolute atomic E-state index is 0.0104. The summed E-state index contributed by atoms with van der Waals surface area (Å²) in [5.74, 6) is -0.762. The maximum Gasteiger partial charge on any atom is 0.238 e. The Balaban J connectivity index is 2.49. The normalized spacial score (nSPS) is 10.5. The third-order valence-corrected chi connectivity index (χ3v) is 2.04. The molecule has 16 heavy (non-hydrogen) atoms. The van der Waals surface area contributed by atoms with Crippen LogP contribution >= 0.6 is 0 Å². The number of amides is 1. The maximum absolute atomic E-state index is 13.2. The van der Waals surface area contributed by atoms with E-state index in [-0.39, 0.29) is 24.7 Å². The van der Waals surface area contributed by atoms with Crippen LogP contribution in [0.4, 0.5) is 10.1 Å². The first-order chi connectivity index (χ1) is 7.63. The fraction of sp³-hybridized carbons (Fsp3) is 0.364. The largest absolute Gasteiger partial charge is 0.395 e. The number of hydrogen-bond acceptors (Lipinski definition) is 3. The summed E-state index contributed by atoms with van der Waals surface area (Å²) in [6.45, 7) is 0.517. The van der Waals surface area contributed by atoms with Gasteiger partial charge in [-0.3, -0.25) is 9.69 Å². The molecular weight excluding hydrogens is 211 g/mol. The van der Waals surface area contributed by atoms with Gasteiger partial charge in [0.1, 0.15) is 5.82 Å². The molecule has 0 aliphatic carbocycles. The van der Waals surface area contributed by atoms with Crippen molar-refractivity contribution in [2.24, 2.45) is 0 Å². The Labute approximate surface area is 93.7 Å². The molecule has 1 rings (SSSR count). The van der Waals surface area contributed by atoms with Gasteiger partial charge in [-0.25, -0.2) is 4.39 Å². The molecule has 0 aliphatic heterocycles. The van der Waals surface area contributed by atoms with E-state index in [0.717, 1.165) is 0 Å². The van der Waals surface area contributed by atoms with Gasteiger partial charge < -0.3 is 10.4 Å². The molecule has 0 bridgehead atoms. The standard InChI is InChI=1S/C11H15FN2O2/c1-14(6-7-15)8-11(16)13-10-5-3-2-4-9(10)12/h2-5,15H,6-8H2,1H3,(H,13,16). The van der Waals surface area contributed by atoms with Crippen molar-refractivity contribution in [3.63, 3.8) is 0 Å². The molecule has 2 N–H and O–H groups in total. The fourth-order valence-electron chi connectivity index (χ4n) is 1.25. The number of nitrogens with zero attached hydrogens (tertiary/aromatic N) is 1. The number of rotatable bonds is 5. The van der Waals surface area contributed by atoms with Gasteiger partial charge in [0.05, 0.1) is 18.8 Å². The summed E-state index contributed by atoms with van der Waals surface area (Å²) in [5.41, 5.74) is 0.171. The molecular formula is C11H15FN2O2. The molecule has 1 aromatic rings. The molecule has 1 aromatic carbocycles. The van der Waals surface area contributed by atoms with Gasteiger partial charge in [0.2, 0.25) is 5.91 Å². The van der Waals surface area contributed by atoms with Gasteiger partial charge in [-0.1, -0.05) is 12.1 Å². The Morgan fingerprint density at radius 2 is 2.19 bits per heavy atom. The second-order valence-corrected chi connectivity index (χ2v) is 3.49. The van der Waals surface area contributed by atoms with Gasteiger partial charge in [-0.05, 0) is 19.2 Å². The highest BCUT2D eigenvalue weighted by Gasteiger charge is 2.08. The van der Waals surface area contributed by atoms with Crippen LogP contribution in [0.25, 0.3) is 0 Å². The summed E-state index contributed by atoms with van der Waals surface area (Å²) in [4.78, 5) is 13.1. The van der Waals surface area contributed by atoms with E-state index in [1.54, 1.807) is 24.1 Å². The number of carbonyl (C=O) groups is 1. The number of para-hydroxylation sites is 1. The Kier molecular flexibility index (Phi) is 4.88. The predicted octanol–water partition coefficient (Wildman–Crippen LogP) is 0.688. The first-order valence-electron chi connectivity index (χ1n) is 4.97. The van der Waals surface area contributed by atoms with E-state index >= 15 is 0 Å². The van der Waals surface area contributed by atoms with Crippen molar-refractivity contribution < 1.29 is 14.3 Å². The summed E-state index contributed by atoms with van der Waals surface area (Å²) >= 11 is 0. The van der Waals surface area contributed by atoms with Crippen LogP contribution in [0.2, 0.25) is 0 Å². The van der Waals surface area contributed by atoms with E-state index in [4.69, 9.17) is 5.11 Å². The predicted molar refractivity (Wildman–Crippen MR) is 59.6 cm³/mol. The lowest BCUT2D eigenvalue weighted by Crippen LogP contribution is -2.32. The van der Waals surface area contributed by atoms with Crippen molar-refractivity contribution in [1.29, 1.82) is 0 Å². The van der Waals surface area contributed by atoms with Crippen molar-refractivity contribution in [2.75, 3.05) is 32.1 Å². The zero-order chi connectivity index (χ0) is 12.0. The average molecular weight is 226 g/mol. The van der Waals surface area contributed by atoms with E-state index in [1.807, 2.05) is 0 Å². The molecule has 4 nitrogen and oxygen atoms in total. The van der Waals surface area contributed by atoms with Crippen LogP contribution in [0, 0.1) is 5.82 Å². The molecule has 0 aromatic heterocycles. The molecule has 5 heteroatoms. The number of hydrogen-bond donors (Lipinski definition) is 2. The van der Waals surface area contributed by atoms with Gasteiger partial charge >= 0.3 is 0 Å². The highest BCUT2D eigenvalue weighted by atomic mass is 19.1. The van der Waals surface area contributed by atoms with Crippen molar-refractivity contribution >= 4 is 11.6 Å². The van der Waals surface area contributed by atoms with Crippen LogP contribution in [-0.2, 0) is 4.79 Å². The summed E-state index contributed by atoms with van der Waals surface area (Å²) in [6.07, 6.45) is 0. The van der Waals surface area contributed by atoms with Crippen LogP contribution < -0.4 is 5.32 Å². The van der Waals surface area contributed by atoms with E-state index in [9.17, 15) is 9.18 Å². The van der Waals surface area contributed by atoms with Gasteiger partial charge in [-0.15, -0.1) is 0 Å². The lowest BCUT2D eigenvalue weighted by Gasteiger charge is -2.14. The molecule has 0 heterocycles. The zero-order valence-electron chi connectivity index (χ0n) is 9.11. The van der Waals surface area contributed by atoms with E-state index in [0.29, 0.717) is 6.54 Å². The number of carbonyl (C=O) groups excluding carboxylic acids is 1. The van der Waals surface area contributed by atoms with Crippen molar-refractivity contribution in [3.8, 4) is 0 Å². The topological polar surface area (TPSA) is 52.6 Å². The van der Waals surface area contributed by atoms with Gasteiger partial charge in [-0.2, -0.15) is 0 Å². The molecule has 1 amide bonds. The van der Waals surface area contributed by atoms with E-state index < -0.39 is 5.82 Å². The van der Waals surface area contributed by atoms with Crippen LogP contribution in [0.5, 0.6) is 0 Å². The summed E-state index contributed by atoms with van der Waals surface area (Å²) in [6, 6.07) is 5.99. The van der Waals surface area contributed by atoms with E-state index in [2.05, 4.69) is 5.32 Å². The molecule has 88 valence electrons. The third-order valence-electron chi connectivity index (χ3n) is 2.04. The van der Waals surface area contributed by atoms with Crippen molar-refractivity contribution in [1.82, 2.24) is 4.90 Å². The average Bonchev–Trinajstić information content (AvgIpc) is 2.21. The summed E-state index contributed by atoms with van der Waals surface area (Å²) in [5, 5.41) is 11.1. The third kappa shape index (κ3) is 3.96. The van der Waals surface area contributed by atoms with E-state index in [1.165, 1.54) is 12.1 Å². The van der Waals surface area contributed by atoms with Crippen LogP contribution in [0.3, 0.4) is 0 Å². The first-order valence-corrected chi connectivity index (χ1v) is 4.97. The lowest BCUT2D eigenvalue weighted by molar-refractivity contribution is -0.117. The van der Waals surface area contributed by atoms with Gasteiger partial charge in [0.25, 0.3) is 0 Å². The summed E-state index contributed by atoms with van der Waals surface area (Å²) < 4.78 is 13.2. The lowest BCUT2D eigenvalue weighted by atomic mass is 10.3. The van der Waals surface area contributed by atoms with Gasteiger partial charge in [0, 0.05) is 6.54 Å². The Morgan fingerprint density at radius 3 is 2.81 bits per heavy atom.